The van der Waals surface area contributed by atoms with Gasteiger partial charge in [-0.1, -0.05) is 34.5 Å². The molecule has 0 aliphatic heterocycles. The van der Waals surface area contributed by atoms with Crippen molar-refractivity contribution in [3.05, 3.63) is 51.5 Å². The molecule has 2 amide bonds. The van der Waals surface area contributed by atoms with Crippen LogP contribution < -0.4 is 15.4 Å². The maximum atomic E-state index is 14.5. The Morgan fingerprint density at radius 2 is 2.07 bits per heavy atom. The summed E-state index contributed by atoms with van der Waals surface area (Å²) in [7, 11) is 0. The molecule has 0 bridgehead atoms. The third kappa shape index (κ3) is 4.87. The molecule has 0 saturated heterocycles. The first kappa shape index (κ1) is 21.5. The average molecular weight is 462 g/mol. The quantitative estimate of drug-likeness (QED) is 0.444. The van der Waals surface area contributed by atoms with Crippen LogP contribution in [-0.4, -0.2) is 29.3 Å². The summed E-state index contributed by atoms with van der Waals surface area (Å²) < 4.78 is 34.4. The maximum Gasteiger partial charge on any atom is 0.321 e. The highest BCUT2D eigenvalue weighted by atomic mass is 35.5. The van der Waals surface area contributed by atoms with Crippen molar-refractivity contribution in [3.63, 3.8) is 0 Å². The Morgan fingerprint density at radius 3 is 2.79 bits per heavy atom. The van der Waals surface area contributed by atoms with Gasteiger partial charge in [0.25, 0.3) is 0 Å². The van der Waals surface area contributed by atoms with Crippen LogP contribution in [0.15, 0.2) is 24.3 Å². The highest BCUT2D eigenvalue weighted by Gasteiger charge is 2.21. The van der Waals surface area contributed by atoms with Crippen LogP contribution in [0.3, 0.4) is 0 Å². The molecular formula is C18H15Cl2F2N3O3S. The first-order chi connectivity index (χ1) is 13.8. The molecule has 0 spiro atoms. The van der Waals surface area contributed by atoms with E-state index in [1.54, 1.807) is 6.92 Å². The van der Waals surface area contributed by atoms with Crippen LogP contribution in [0.4, 0.5) is 18.7 Å². The highest BCUT2D eigenvalue weighted by molar-refractivity contribution is 7.22. The molecular weight excluding hydrogens is 447 g/mol. The van der Waals surface area contributed by atoms with Gasteiger partial charge in [0.15, 0.2) is 16.7 Å². The second-order valence-corrected chi connectivity index (χ2v) is 7.71. The number of aromatic nitrogens is 1. The van der Waals surface area contributed by atoms with Crippen LogP contribution in [0.2, 0.25) is 10.0 Å². The van der Waals surface area contributed by atoms with Gasteiger partial charge in [0.1, 0.15) is 11.9 Å². The summed E-state index contributed by atoms with van der Waals surface area (Å²) in [4.78, 5) is 15.8. The lowest BCUT2D eigenvalue weighted by atomic mass is 10.1. The lowest BCUT2D eigenvalue weighted by molar-refractivity contribution is 0.216. The predicted octanol–water partition coefficient (Wildman–Crippen LogP) is 5.14. The van der Waals surface area contributed by atoms with E-state index in [1.165, 1.54) is 18.2 Å². The number of rotatable bonds is 6. The Bertz CT molecular complexity index is 1060. The van der Waals surface area contributed by atoms with Crippen LogP contribution in [0.5, 0.6) is 5.75 Å². The number of hydrogen-bond acceptors (Lipinski definition) is 5. The average Bonchev–Trinajstić information content (AvgIpc) is 3.04. The number of anilines is 1. The molecule has 0 radical (unpaired) electrons. The predicted molar refractivity (Wildman–Crippen MR) is 109 cm³/mol. The number of carbonyl (C=O) groups excluding carboxylic acids is 1. The minimum absolute atomic E-state index is 0.0897. The van der Waals surface area contributed by atoms with Crippen molar-refractivity contribution in [2.24, 2.45) is 0 Å². The highest BCUT2D eigenvalue weighted by Crippen LogP contribution is 2.37. The van der Waals surface area contributed by atoms with Crippen LogP contribution in [-0.2, 0) is 0 Å². The topological polar surface area (TPSA) is 83.5 Å². The van der Waals surface area contributed by atoms with Gasteiger partial charge < -0.3 is 15.2 Å². The lowest BCUT2D eigenvalue weighted by Crippen LogP contribution is -2.30. The number of benzene rings is 2. The van der Waals surface area contributed by atoms with E-state index in [2.05, 4.69) is 15.6 Å². The largest absolute Gasteiger partial charge is 0.483 e. The smallest absolute Gasteiger partial charge is 0.321 e. The van der Waals surface area contributed by atoms with Crippen molar-refractivity contribution < 1.29 is 23.4 Å². The molecule has 29 heavy (non-hydrogen) atoms. The zero-order valence-electron chi connectivity index (χ0n) is 14.9. The molecule has 3 rings (SSSR count). The van der Waals surface area contributed by atoms with Gasteiger partial charge in [-0.25, -0.2) is 18.6 Å². The Kier molecular flexibility index (Phi) is 6.74. The summed E-state index contributed by atoms with van der Waals surface area (Å²) in [5.41, 5.74) is 0.534. The van der Waals surface area contributed by atoms with Gasteiger partial charge >= 0.3 is 6.03 Å². The number of urea groups is 1. The molecule has 154 valence electrons. The number of fused-ring (bicyclic) bond motifs is 1. The van der Waals surface area contributed by atoms with E-state index in [0.29, 0.717) is 10.2 Å². The number of ether oxygens (including phenoxy) is 1. The summed E-state index contributed by atoms with van der Waals surface area (Å²) in [6.07, 6.45) is -0.826. The van der Waals surface area contributed by atoms with E-state index >= 15 is 0 Å². The van der Waals surface area contributed by atoms with Crippen molar-refractivity contribution >= 4 is 55.9 Å². The fraction of sp³-hybridized carbons (Fsp3) is 0.222. The molecule has 1 aromatic heterocycles. The van der Waals surface area contributed by atoms with Crippen molar-refractivity contribution in [3.8, 4) is 5.75 Å². The van der Waals surface area contributed by atoms with Gasteiger partial charge in [-0.2, -0.15) is 0 Å². The van der Waals surface area contributed by atoms with Crippen molar-refractivity contribution in [2.75, 3.05) is 18.5 Å². The molecule has 3 aromatic rings. The molecule has 0 fully saturated rings. The molecule has 1 heterocycles. The number of halogens is 4. The Balaban J connectivity index is 1.84. The molecule has 0 aliphatic carbocycles. The molecule has 11 heteroatoms. The summed E-state index contributed by atoms with van der Waals surface area (Å²) in [6, 6.07) is 4.53. The number of thiazole rings is 1. The summed E-state index contributed by atoms with van der Waals surface area (Å²) in [5, 5.41) is 13.9. The van der Waals surface area contributed by atoms with Gasteiger partial charge in [0.05, 0.1) is 21.8 Å². The van der Waals surface area contributed by atoms with E-state index in [4.69, 9.17) is 33.0 Å². The first-order valence-electron chi connectivity index (χ1n) is 8.36. The second kappa shape index (κ2) is 9.08. The van der Waals surface area contributed by atoms with Crippen LogP contribution >= 0.6 is 34.5 Å². The number of carbonyl (C=O) groups is 1. The third-order valence-electron chi connectivity index (χ3n) is 3.85. The Labute approximate surface area is 178 Å². The minimum Gasteiger partial charge on any atom is -0.483 e. The molecule has 0 aliphatic rings. The van der Waals surface area contributed by atoms with Gasteiger partial charge in [0.2, 0.25) is 0 Å². The monoisotopic (exact) mass is 461 g/mol. The van der Waals surface area contributed by atoms with E-state index in [9.17, 15) is 13.6 Å². The van der Waals surface area contributed by atoms with E-state index in [-0.39, 0.29) is 39.6 Å². The lowest BCUT2D eigenvalue weighted by Gasteiger charge is -2.18. The minimum atomic E-state index is -0.826. The number of nitrogens with one attached hydrogen (secondary N) is 2. The maximum absolute atomic E-state index is 14.5. The van der Waals surface area contributed by atoms with Crippen molar-refractivity contribution in [1.82, 2.24) is 10.3 Å². The third-order valence-corrected chi connectivity index (χ3v) is 5.50. The fourth-order valence-electron chi connectivity index (χ4n) is 2.55. The van der Waals surface area contributed by atoms with Gasteiger partial charge in [-0.05, 0) is 19.1 Å². The fourth-order valence-corrected chi connectivity index (χ4v) is 4.10. The first-order valence-corrected chi connectivity index (χ1v) is 9.93. The zero-order chi connectivity index (χ0) is 21.1. The Hall–Kier alpha value is -2.20. The van der Waals surface area contributed by atoms with Gasteiger partial charge in [0, 0.05) is 29.3 Å². The SMILES string of the molecule is C[C@@H](Oc1cc2sc(NC(=O)NCCO)nc2cc1F)c1c(Cl)ccc(F)c1Cl. The summed E-state index contributed by atoms with van der Waals surface area (Å²) >= 11 is 13.2. The number of aliphatic hydroxyl groups excluding tert-OH is 1. The number of nitrogens with zero attached hydrogens (tertiary/aromatic N) is 1. The van der Waals surface area contributed by atoms with Crippen LogP contribution in [0.1, 0.15) is 18.6 Å². The van der Waals surface area contributed by atoms with Crippen molar-refractivity contribution in [1.29, 1.82) is 0 Å². The number of aliphatic hydroxyl groups is 1. The van der Waals surface area contributed by atoms with E-state index in [1.807, 2.05) is 0 Å². The van der Waals surface area contributed by atoms with Crippen LogP contribution in [0, 0.1) is 11.6 Å². The number of amides is 2. The molecule has 0 saturated carbocycles. The van der Waals surface area contributed by atoms with Gasteiger partial charge in [-0.3, -0.25) is 5.32 Å². The normalized spacial score (nSPS) is 12.1. The van der Waals surface area contributed by atoms with Crippen LogP contribution in [0.25, 0.3) is 10.2 Å². The summed E-state index contributed by atoms with van der Waals surface area (Å²) in [6.45, 7) is 1.46. The molecule has 6 nitrogen and oxygen atoms in total. The summed E-state index contributed by atoms with van der Waals surface area (Å²) in [5.74, 6) is -1.44. The zero-order valence-corrected chi connectivity index (χ0v) is 17.3. The standard InChI is InChI=1S/C18H15Cl2F2N3O3S/c1-8(15-9(19)2-3-10(21)16(15)20)28-13-7-14-12(6-11(13)22)24-18(29-14)25-17(27)23-4-5-26/h2-3,6-8,26H,4-5H2,1H3,(H2,23,24,25,27)/t8-/m1/s1. The number of hydrogen-bond donors (Lipinski definition) is 3. The van der Waals surface area contributed by atoms with Crippen molar-refractivity contribution in [2.45, 2.75) is 13.0 Å². The van der Waals surface area contributed by atoms with E-state index in [0.717, 1.165) is 17.4 Å². The Morgan fingerprint density at radius 1 is 1.31 bits per heavy atom. The molecule has 3 N–H and O–H groups in total. The second-order valence-electron chi connectivity index (χ2n) is 5.89. The molecule has 2 aromatic carbocycles. The molecule has 1 atom stereocenters. The molecule has 0 unspecified atom stereocenters. The van der Waals surface area contributed by atoms with E-state index < -0.39 is 23.8 Å². The van der Waals surface area contributed by atoms with Gasteiger partial charge in [-0.15, -0.1) is 0 Å².